The van der Waals surface area contributed by atoms with Crippen molar-refractivity contribution in [3.05, 3.63) is 27.3 Å². The van der Waals surface area contributed by atoms with E-state index in [1.165, 1.54) is 22.6 Å². The third kappa shape index (κ3) is 5.31. The van der Waals surface area contributed by atoms with Gasteiger partial charge in [-0.05, 0) is 70.5 Å². The van der Waals surface area contributed by atoms with Gasteiger partial charge in [0.25, 0.3) is 0 Å². The zero-order chi connectivity index (χ0) is 32.1. The number of likely N-dealkylation sites (tertiary alicyclic amines) is 1. The standard InChI is InChI=1S/C34H45N9O2S/c1-6-10-25-26(24(15-35)30(36)46-25)22-12-8-13-23-28(40-45-29(22)23)31-37-32-27-33(38-31)43(18-21-11-9-14-41(21)5)39-34(27)44-20(4)17-42(32)16-19(3)7-2/h19-22H,6-14,16-18,36H2,1-5H3. The molecule has 0 radical (unpaired) electrons. The summed E-state index contributed by atoms with van der Waals surface area (Å²) in [4.78, 5) is 16.4. The summed E-state index contributed by atoms with van der Waals surface area (Å²) in [5.41, 5.74) is 10.5. The average molecular weight is 644 g/mol. The van der Waals surface area contributed by atoms with Crippen molar-refractivity contribution in [3.8, 4) is 23.5 Å². The summed E-state index contributed by atoms with van der Waals surface area (Å²) < 4.78 is 14.7. The predicted molar refractivity (Wildman–Crippen MR) is 180 cm³/mol. The van der Waals surface area contributed by atoms with Crippen LogP contribution >= 0.6 is 11.3 Å². The third-order valence-electron chi connectivity index (χ3n) is 10.2. The molecule has 0 saturated carbocycles. The minimum absolute atomic E-state index is 0.0485. The molecule has 0 amide bonds. The third-order valence-corrected chi connectivity index (χ3v) is 11.3. The van der Waals surface area contributed by atoms with Crippen LogP contribution in [0.5, 0.6) is 5.88 Å². The Morgan fingerprint density at radius 1 is 1.20 bits per heavy atom. The van der Waals surface area contributed by atoms with Crippen LogP contribution in [0.4, 0.5) is 10.8 Å². The highest BCUT2D eigenvalue weighted by molar-refractivity contribution is 7.16. The number of nitriles is 1. The monoisotopic (exact) mass is 643 g/mol. The first kappa shape index (κ1) is 30.9. The molecule has 6 heterocycles. The van der Waals surface area contributed by atoms with Crippen LogP contribution in [-0.4, -0.2) is 68.6 Å². The number of anilines is 2. The Kier molecular flexibility index (Phi) is 8.40. The molecule has 0 spiro atoms. The van der Waals surface area contributed by atoms with Crippen LogP contribution in [-0.2, 0) is 19.4 Å². The van der Waals surface area contributed by atoms with E-state index in [2.05, 4.69) is 55.8 Å². The summed E-state index contributed by atoms with van der Waals surface area (Å²) in [6.45, 7) is 12.2. The lowest BCUT2D eigenvalue weighted by molar-refractivity contribution is 0.215. The van der Waals surface area contributed by atoms with Crippen LogP contribution < -0.4 is 15.4 Å². The molecule has 4 unspecified atom stereocenters. The second-order valence-electron chi connectivity index (χ2n) is 13.5. The molecule has 46 heavy (non-hydrogen) atoms. The highest BCUT2D eigenvalue weighted by atomic mass is 32.1. The van der Waals surface area contributed by atoms with Crippen LogP contribution in [0.15, 0.2) is 4.52 Å². The molecule has 7 rings (SSSR count). The lowest BCUT2D eigenvalue weighted by Gasteiger charge is -2.27. The van der Waals surface area contributed by atoms with E-state index >= 15 is 0 Å². The van der Waals surface area contributed by atoms with Gasteiger partial charge in [-0.3, -0.25) is 0 Å². The molecule has 1 saturated heterocycles. The number of hydrogen-bond donors (Lipinski definition) is 1. The molecule has 1 aliphatic carbocycles. The Bertz CT molecular complexity index is 1780. The van der Waals surface area contributed by atoms with Crippen molar-refractivity contribution in [1.82, 2.24) is 29.8 Å². The molecule has 4 aromatic rings. The van der Waals surface area contributed by atoms with Crippen LogP contribution in [0.3, 0.4) is 0 Å². The molecule has 244 valence electrons. The molecule has 4 aromatic heterocycles. The number of fused-ring (bicyclic) bond motifs is 1. The number of rotatable bonds is 9. The molecule has 0 aromatic carbocycles. The van der Waals surface area contributed by atoms with E-state index in [4.69, 9.17) is 30.1 Å². The fourth-order valence-corrected chi connectivity index (χ4v) is 8.76. The van der Waals surface area contributed by atoms with Crippen molar-refractivity contribution in [3.63, 3.8) is 0 Å². The Morgan fingerprint density at radius 2 is 2.04 bits per heavy atom. The fraction of sp³-hybridized carbons (Fsp3) is 0.618. The molecule has 4 atom stereocenters. The SMILES string of the molecule is CCCc1sc(N)c(C#N)c1C1CCCc2c(-c3nc4c5c(nn(CC6CCCN6C)c5n3)OC(C)CN4CC(C)CC)noc21. The zero-order valence-corrected chi connectivity index (χ0v) is 28.5. The van der Waals surface area contributed by atoms with Crippen LogP contribution in [0.1, 0.15) is 99.5 Å². The number of thiophene rings is 1. The second kappa shape index (κ2) is 12.5. The zero-order valence-electron chi connectivity index (χ0n) is 27.7. The number of ether oxygens (including phenoxy) is 1. The summed E-state index contributed by atoms with van der Waals surface area (Å²) in [5.74, 6) is 3.26. The summed E-state index contributed by atoms with van der Waals surface area (Å²) in [7, 11) is 2.19. The molecule has 0 bridgehead atoms. The first-order valence-electron chi connectivity index (χ1n) is 17.0. The lowest BCUT2D eigenvalue weighted by Crippen LogP contribution is -2.36. The van der Waals surface area contributed by atoms with E-state index < -0.39 is 0 Å². The largest absolute Gasteiger partial charge is 0.471 e. The fourth-order valence-electron chi connectivity index (χ4n) is 7.58. The minimum Gasteiger partial charge on any atom is -0.471 e. The normalized spacial score (nSPS) is 22.1. The van der Waals surface area contributed by atoms with Crippen molar-refractivity contribution in [2.45, 2.75) is 104 Å². The predicted octanol–water partition coefficient (Wildman–Crippen LogP) is 6.14. The van der Waals surface area contributed by atoms with E-state index in [1.54, 1.807) is 0 Å². The van der Waals surface area contributed by atoms with Crippen LogP contribution in [0.25, 0.3) is 22.6 Å². The first-order valence-corrected chi connectivity index (χ1v) is 17.8. The van der Waals surface area contributed by atoms with Gasteiger partial charge < -0.3 is 24.8 Å². The second-order valence-corrected chi connectivity index (χ2v) is 14.7. The summed E-state index contributed by atoms with van der Waals surface area (Å²) in [5, 5.41) is 21.3. The number of nitrogens with two attached hydrogens (primary N) is 1. The molecule has 3 aliphatic rings. The Morgan fingerprint density at radius 3 is 2.78 bits per heavy atom. The first-order chi connectivity index (χ1) is 22.3. The van der Waals surface area contributed by atoms with E-state index in [1.807, 2.05) is 4.68 Å². The van der Waals surface area contributed by atoms with E-state index in [-0.39, 0.29) is 12.0 Å². The highest BCUT2D eigenvalue weighted by Gasteiger charge is 2.37. The maximum Gasteiger partial charge on any atom is 0.246 e. The Hall–Kier alpha value is -3.69. The molecular weight excluding hydrogens is 599 g/mol. The summed E-state index contributed by atoms with van der Waals surface area (Å²) >= 11 is 1.54. The van der Waals surface area contributed by atoms with Gasteiger partial charge in [0.2, 0.25) is 5.88 Å². The quantitative estimate of drug-likeness (QED) is 0.226. The average Bonchev–Trinajstić information content (AvgIpc) is 3.80. The van der Waals surface area contributed by atoms with Crippen LogP contribution in [0, 0.1) is 17.2 Å². The number of nitrogen functional groups attached to an aromatic ring is 1. The number of likely N-dealkylation sites (N-methyl/N-ethyl adjacent to an activating group) is 1. The molecule has 11 nitrogen and oxygen atoms in total. The van der Waals surface area contributed by atoms with Crippen molar-refractivity contribution < 1.29 is 9.26 Å². The number of hydrogen-bond acceptors (Lipinski definition) is 11. The van der Waals surface area contributed by atoms with Crippen molar-refractivity contribution in [2.24, 2.45) is 5.92 Å². The van der Waals surface area contributed by atoms with E-state index in [9.17, 15) is 5.26 Å². The van der Waals surface area contributed by atoms with Gasteiger partial charge in [-0.25, -0.2) is 14.6 Å². The van der Waals surface area contributed by atoms with Crippen molar-refractivity contribution in [2.75, 3.05) is 37.3 Å². The van der Waals surface area contributed by atoms with Crippen molar-refractivity contribution >= 4 is 33.2 Å². The van der Waals surface area contributed by atoms with Crippen LogP contribution in [0.2, 0.25) is 0 Å². The summed E-state index contributed by atoms with van der Waals surface area (Å²) in [6, 6.07) is 2.78. The topological polar surface area (TPSA) is 135 Å². The lowest BCUT2D eigenvalue weighted by atomic mass is 9.81. The number of aryl methyl sites for hydroxylation is 1. The van der Waals surface area contributed by atoms with Gasteiger partial charge in [0, 0.05) is 28.9 Å². The maximum absolute atomic E-state index is 10.1. The minimum atomic E-state index is -0.0637. The molecule has 2 N–H and O–H groups in total. The van der Waals surface area contributed by atoms with Gasteiger partial charge in [0.05, 0.1) is 18.7 Å². The van der Waals surface area contributed by atoms with Gasteiger partial charge in [0.15, 0.2) is 17.2 Å². The molecule has 1 fully saturated rings. The van der Waals surface area contributed by atoms with Gasteiger partial charge >= 0.3 is 0 Å². The van der Waals surface area contributed by atoms with Gasteiger partial charge in [0.1, 0.15) is 34.1 Å². The van der Waals surface area contributed by atoms with Gasteiger partial charge in [-0.15, -0.1) is 16.4 Å². The summed E-state index contributed by atoms with van der Waals surface area (Å²) in [6.07, 6.45) is 7.87. The molecule has 12 heteroatoms. The number of aromatic nitrogens is 5. The van der Waals surface area contributed by atoms with E-state index in [0.29, 0.717) is 46.5 Å². The van der Waals surface area contributed by atoms with E-state index in [0.717, 1.165) is 98.3 Å². The smallest absolute Gasteiger partial charge is 0.246 e. The number of nitrogens with zero attached hydrogens (tertiary/aromatic N) is 8. The van der Waals surface area contributed by atoms with Gasteiger partial charge in [-0.2, -0.15) is 5.26 Å². The van der Waals surface area contributed by atoms with Gasteiger partial charge in [-0.1, -0.05) is 38.8 Å². The van der Waals surface area contributed by atoms with Crippen molar-refractivity contribution in [1.29, 1.82) is 5.26 Å². The maximum atomic E-state index is 10.1. The molecule has 2 aliphatic heterocycles. The molecular formula is C34H45N9O2S. The highest BCUT2D eigenvalue weighted by Crippen LogP contribution is 2.47. The Labute approximate surface area is 274 Å². The Balaban J connectivity index is 1.38.